The normalized spacial score (nSPS) is 15.5. The van der Waals surface area contributed by atoms with E-state index < -0.39 is 20.0 Å². The smallest absolute Gasteiger partial charge is 0.236 e. The number of para-hydroxylation sites is 1. The fraction of sp³-hybridized carbons (Fsp3) is 0.0667. The van der Waals surface area contributed by atoms with Gasteiger partial charge in [-0.2, -0.15) is 4.31 Å². The number of hydrogen-bond donors (Lipinski definition) is 0. The Labute approximate surface area is 222 Å². The van der Waals surface area contributed by atoms with Crippen LogP contribution in [0, 0.1) is 0 Å². The highest BCUT2D eigenvalue weighted by Gasteiger charge is 2.37. The zero-order chi connectivity index (χ0) is 26.3. The van der Waals surface area contributed by atoms with Gasteiger partial charge in [-0.25, -0.2) is 20.8 Å². The molecular formula is C30H24N2O4S2. The van der Waals surface area contributed by atoms with Crippen molar-refractivity contribution in [1.29, 1.82) is 0 Å². The summed E-state index contributed by atoms with van der Waals surface area (Å²) >= 11 is 0. The fourth-order valence-electron chi connectivity index (χ4n) is 5.01. The quantitative estimate of drug-likeness (QED) is 0.290. The third-order valence-corrected chi connectivity index (χ3v) is 10.3. The monoisotopic (exact) mass is 540 g/mol. The second kappa shape index (κ2) is 9.40. The largest absolute Gasteiger partial charge is 0.268 e. The predicted octanol–water partition coefficient (Wildman–Crippen LogP) is 5.62. The summed E-state index contributed by atoms with van der Waals surface area (Å²) in [5, 5.41) is 0.765. The van der Waals surface area contributed by atoms with Crippen molar-refractivity contribution in [1.82, 2.24) is 8.28 Å². The van der Waals surface area contributed by atoms with Gasteiger partial charge in [0.2, 0.25) is 10.0 Å². The average molecular weight is 541 g/mol. The Morgan fingerprint density at radius 3 is 1.74 bits per heavy atom. The summed E-state index contributed by atoms with van der Waals surface area (Å²) in [4.78, 5) is 0.302. The molecule has 6 rings (SSSR count). The Morgan fingerprint density at radius 2 is 1.11 bits per heavy atom. The Kier molecular flexibility index (Phi) is 6.03. The van der Waals surface area contributed by atoms with Crippen LogP contribution >= 0.6 is 0 Å². The molecule has 0 aliphatic carbocycles. The number of fused-ring (bicyclic) bond motifs is 3. The molecule has 1 aliphatic heterocycles. The van der Waals surface area contributed by atoms with Crippen molar-refractivity contribution in [2.45, 2.75) is 16.3 Å². The topological polar surface area (TPSA) is 76.5 Å². The molecule has 0 N–H and O–H groups in total. The average Bonchev–Trinajstić information content (AvgIpc) is 3.30. The summed E-state index contributed by atoms with van der Waals surface area (Å²) < 4.78 is 58.3. The SMILES string of the molecule is O=S(=O)(c1ccccc1)N1C/C(=C/c2ccccc2)c2c(n(S(=O)(=O)c3ccccc3)c3ccccc23)C1. The van der Waals surface area contributed by atoms with E-state index in [0.29, 0.717) is 11.2 Å². The van der Waals surface area contributed by atoms with Crippen LogP contribution in [0.1, 0.15) is 16.8 Å². The third-order valence-electron chi connectivity index (χ3n) is 6.72. The third kappa shape index (κ3) is 4.07. The molecular weight excluding hydrogens is 516 g/mol. The highest BCUT2D eigenvalue weighted by atomic mass is 32.2. The summed E-state index contributed by atoms with van der Waals surface area (Å²) in [5.74, 6) is 0. The highest BCUT2D eigenvalue weighted by Crippen LogP contribution is 2.40. The van der Waals surface area contributed by atoms with E-state index in [0.717, 1.165) is 22.1 Å². The first kappa shape index (κ1) is 24.4. The van der Waals surface area contributed by atoms with Crippen molar-refractivity contribution in [3.63, 3.8) is 0 Å². The first-order valence-corrected chi connectivity index (χ1v) is 15.0. The zero-order valence-corrected chi connectivity index (χ0v) is 21.9. The maximum absolute atomic E-state index is 14.0. The number of hydrogen-bond acceptors (Lipinski definition) is 4. The summed E-state index contributed by atoms with van der Waals surface area (Å²) in [6.45, 7) is 0.0257. The van der Waals surface area contributed by atoms with Gasteiger partial charge in [-0.1, -0.05) is 84.9 Å². The molecule has 190 valence electrons. The van der Waals surface area contributed by atoms with Crippen molar-refractivity contribution >= 4 is 42.6 Å². The Morgan fingerprint density at radius 1 is 0.579 bits per heavy atom. The van der Waals surface area contributed by atoms with Gasteiger partial charge in [-0.3, -0.25) is 0 Å². The number of aromatic nitrogens is 1. The second-order valence-corrected chi connectivity index (χ2v) is 12.8. The number of rotatable bonds is 5. The van der Waals surface area contributed by atoms with E-state index in [1.54, 1.807) is 72.8 Å². The highest BCUT2D eigenvalue weighted by molar-refractivity contribution is 7.90. The minimum absolute atomic E-state index is 0.0839. The molecule has 0 unspecified atom stereocenters. The molecule has 2 heterocycles. The van der Waals surface area contributed by atoms with Gasteiger partial charge < -0.3 is 0 Å². The van der Waals surface area contributed by atoms with Crippen LogP contribution in [0.2, 0.25) is 0 Å². The molecule has 8 heteroatoms. The van der Waals surface area contributed by atoms with E-state index >= 15 is 0 Å². The lowest BCUT2D eigenvalue weighted by molar-refractivity contribution is 0.428. The molecule has 0 saturated carbocycles. The van der Waals surface area contributed by atoms with Gasteiger partial charge in [0.15, 0.2) is 0 Å². The molecule has 0 bridgehead atoms. The molecule has 5 aromatic rings. The van der Waals surface area contributed by atoms with Crippen LogP contribution in [0.25, 0.3) is 22.6 Å². The van der Waals surface area contributed by atoms with Crippen LogP contribution < -0.4 is 0 Å². The Bertz CT molecular complexity index is 1880. The van der Waals surface area contributed by atoms with Crippen molar-refractivity contribution in [3.05, 3.63) is 132 Å². The van der Waals surface area contributed by atoms with Crippen LogP contribution in [-0.4, -0.2) is 31.7 Å². The first-order valence-electron chi connectivity index (χ1n) is 12.1. The lowest BCUT2D eigenvalue weighted by Gasteiger charge is -2.29. The van der Waals surface area contributed by atoms with E-state index in [1.165, 1.54) is 8.28 Å². The van der Waals surface area contributed by atoms with Crippen molar-refractivity contribution in [2.24, 2.45) is 0 Å². The molecule has 0 fully saturated rings. The lowest BCUT2D eigenvalue weighted by Crippen LogP contribution is -2.36. The van der Waals surface area contributed by atoms with Gasteiger partial charge in [-0.15, -0.1) is 0 Å². The molecule has 0 spiro atoms. The summed E-state index contributed by atoms with van der Waals surface area (Å²) in [6, 6.07) is 33.4. The standard InChI is InChI=1S/C30H24N2O4S2/c33-37(34,25-14-6-2-7-15-25)31-21-24(20-23-12-4-1-5-13-23)30-27-18-10-11-19-28(27)32(29(30)22-31)38(35,36)26-16-8-3-9-17-26/h1-20H,21-22H2/b24-20-. The summed E-state index contributed by atoms with van der Waals surface area (Å²) in [6.07, 6.45) is 1.94. The molecule has 38 heavy (non-hydrogen) atoms. The summed E-state index contributed by atoms with van der Waals surface area (Å²) in [7, 11) is -7.94. The fourth-order valence-corrected chi connectivity index (χ4v) is 7.98. The van der Waals surface area contributed by atoms with Gasteiger partial charge in [0.05, 0.1) is 27.5 Å². The molecule has 4 aromatic carbocycles. The van der Waals surface area contributed by atoms with Gasteiger partial charge in [0.25, 0.3) is 10.0 Å². The molecule has 0 radical (unpaired) electrons. The van der Waals surface area contributed by atoms with Crippen molar-refractivity contribution < 1.29 is 16.8 Å². The van der Waals surface area contributed by atoms with Crippen LogP contribution in [-0.2, 0) is 26.6 Å². The van der Waals surface area contributed by atoms with Gasteiger partial charge in [0.1, 0.15) is 0 Å². The lowest BCUT2D eigenvalue weighted by atomic mass is 9.97. The molecule has 0 saturated heterocycles. The van der Waals surface area contributed by atoms with E-state index in [-0.39, 0.29) is 22.9 Å². The molecule has 6 nitrogen and oxygen atoms in total. The Balaban J connectivity index is 1.65. The Hall–Kier alpha value is -3.98. The summed E-state index contributed by atoms with van der Waals surface area (Å²) in [5.41, 5.74) is 3.32. The molecule has 0 atom stereocenters. The van der Waals surface area contributed by atoms with E-state index in [2.05, 4.69) is 0 Å². The van der Waals surface area contributed by atoms with Gasteiger partial charge in [0, 0.05) is 17.5 Å². The van der Waals surface area contributed by atoms with Crippen LogP contribution in [0.5, 0.6) is 0 Å². The van der Waals surface area contributed by atoms with E-state index in [9.17, 15) is 16.8 Å². The number of nitrogens with zero attached hydrogens (tertiary/aromatic N) is 2. The van der Waals surface area contributed by atoms with Crippen molar-refractivity contribution in [3.8, 4) is 0 Å². The second-order valence-electron chi connectivity index (χ2n) is 9.09. The van der Waals surface area contributed by atoms with Crippen LogP contribution in [0.4, 0.5) is 0 Å². The maximum Gasteiger partial charge on any atom is 0.268 e. The maximum atomic E-state index is 14.0. The minimum atomic E-state index is -4.03. The predicted molar refractivity (Wildman–Crippen MR) is 149 cm³/mol. The zero-order valence-electron chi connectivity index (χ0n) is 20.3. The molecule has 1 aliphatic rings. The molecule has 0 amide bonds. The number of sulfonamides is 1. The minimum Gasteiger partial charge on any atom is -0.236 e. The van der Waals surface area contributed by atoms with Crippen molar-refractivity contribution in [2.75, 3.05) is 6.54 Å². The van der Waals surface area contributed by atoms with Gasteiger partial charge >= 0.3 is 0 Å². The van der Waals surface area contributed by atoms with Gasteiger partial charge in [-0.05, 0) is 47.5 Å². The van der Waals surface area contributed by atoms with Crippen LogP contribution in [0.15, 0.2) is 125 Å². The molecule has 1 aromatic heterocycles. The van der Waals surface area contributed by atoms with Crippen LogP contribution in [0.3, 0.4) is 0 Å². The van der Waals surface area contributed by atoms with E-state index in [4.69, 9.17) is 0 Å². The number of benzene rings is 4. The van der Waals surface area contributed by atoms with E-state index in [1.807, 2.05) is 48.5 Å². The first-order chi connectivity index (χ1) is 18.4.